The Morgan fingerprint density at radius 1 is 1.28 bits per heavy atom. The number of hydrogen-bond donors (Lipinski definition) is 2. The van der Waals surface area contributed by atoms with Gasteiger partial charge in [-0.3, -0.25) is 11.3 Å². The largest absolute Gasteiger partial charge is 0.303 e. The van der Waals surface area contributed by atoms with Crippen molar-refractivity contribution in [2.24, 2.45) is 5.84 Å². The Bertz CT molecular complexity index is 405. The van der Waals surface area contributed by atoms with E-state index in [1.165, 1.54) is 6.07 Å². The fourth-order valence-electron chi connectivity index (χ4n) is 1.73. The Morgan fingerprint density at radius 2 is 1.89 bits per heavy atom. The molecule has 1 rings (SSSR count). The molecule has 18 heavy (non-hydrogen) atoms. The van der Waals surface area contributed by atoms with E-state index in [1.54, 1.807) is 6.07 Å². The van der Waals surface area contributed by atoms with Crippen molar-refractivity contribution in [3.63, 3.8) is 0 Å². The molecule has 0 fully saturated rings. The second-order valence-electron chi connectivity index (χ2n) is 5.22. The summed E-state index contributed by atoms with van der Waals surface area (Å²) < 4.78 is 26.0. The van der Waals surface area contributed by atoms with Crippen LogP contribution in [-0.4, -0.2) is 30.6 Å². The molecule has 3 nitrogen and oxygen atoms in total. The Balaban J connectivity index is 2.89. The van der Waals surface area contributed by atoms with E-state index in [9.17, 15) is 8.78 Å². The lowest BCUT2D eigenvalue weighted by atomic mass is 9.88. The molecule has 0 aliphatic heterocycles. The van der Waals surface area contributed by atoms with Gasteiger partial charge in [-0.2, -0.15) is 0 Å². The van der Waals surface area contributed by atoms with Gasteiger partial charge in [0.1, 0.15) is 0 Å². The summed E-state index contributed by atoms with van der Waals surface area (Å²) in [4.78, 5) is 2.04. The Labute approximate surface area is 107 Å². The van der Waals surface area contributed by atoms with Gasteiger partial charge >= 0.3 is 0 Å². The Hall–Kier alpha value is -1.04. The van der Waals surface area contributed by atoms with E-state index in [-0.39, 0.29) is 11.6 Å². The molecule has 0 aliphatic carbocycles. The zero-order valence-electron chi connectivity index (χ0n) is 11.3. The second kappa shape index (κ2) is 5.73. The molecule has 0 saturated carbocycles. The molecule has 1 unspecified atom stereocenters. The first-order valence-corrected chi connectivity index (χ1v) is 5.86. The van der Waals surface area contributed by atoms with Crippen LogP contribution in [0.4, 0.5) is 8.78 Å². The van der Waals surface area contributed by atoms with Crippen molar-refractivity contribution in [1.29, 1.82) is 0 Å². The molecule has 0 bridgehead atoms. The average Bonchev–Trinajstić information content (AvgIpc) is 2.30. The standard InChI is InChI=1S/C13H21F2N3/c1-13(2,18(3)4)12(17-16)8-9-5-6-10(14)11(15)7-9/h5-7,12,17H,8,16H2,1-4H3. The molecule has 0 saturated heterocycles. The first-order chi connectivity index (χ1) is 8.28. The van der Waals surface area contributed by atoms with Gasteiger partial charge in [-0.1, -0.05) is 6.07 Å². The normalized spacial score (nSPS) is 14.0. The summed E-state index contributed by atoms with van der Waals surface area (Å²) in [6.45, 7) is 4.08. The van der Waals surface area contributed by atoms with E-state index >= 15 is 0 Å². The van der Waals surface area contributed by atoms with Gasteiger partial charge in [0.15, 0.2) is 11.6 Å². The summed E-state index contributed by atoms with van der Waals surface area (Å²) in [6.07, 6.45) is 0.527. The topological polar surface area (TPSA) is 41.3 Å². The number of hydrazine groups is 1. The van der Waals surface area contributed by atoms with E-state index in [0.29, 0.717) is 12.0 Å². The number of nitrogens with zero attached hydrogens (tertiary/aromatic N) is 1. The van der Waals surface area contributed by atoms with Crippen LogP contribution in [0.3, 0.4) is 0 Å². The third-order valence-corrected chi connectivity index (χ3v) is 3.63. The van der Waals surface area contributed by atoms with Crippen LogP contribution in [0.1, 0.15) is 19.4 Å². The number of benzene rings is 1. The van der Waals surface area contributed by atoms with E-state index in [1.807, 2.05) is 32.8 Å². The second-order valence-corrected chi connectivity index (χ2v) is 5.22. The van der Waals surface area contributed by atoms with Crippen LogP contribution in [-0.2, 0) is 6.42 Å². The van der Waals surface area contributed by atoms with Crippen LogP contribution in [0.25, 0.3) is 0 Å². The number of nitrogens with two attached hydrogens (primary N) is 1. The minimum absolute atomic E-state index is 0.0719. The van der Waals surface area contributed by atoms with Gasteiger partial charge in [-0.25, -0.2) is 8.78 Å². The van der Waals surface area contributed by atoms with Gasteiger partial charge in [0.25, 0.3) is 0 Å². The molecule has 102 valence electrons. The van der Waals surface area contributed by atoms with Gasteiger partial charge in [0.05, 0.1) is 0 Å². The van der Waals surface area contributed by atoms with Crippen molar-refractivity contribution < 1.29 is 8.78 Å². The SMILES string of the molecule is CN(C)C(C)(C)C(Cc1ccc(F)c(F)c1)NN. The van der Waals surface area contributed by atoms with Crippen LogP contribution in [0.2, 0.25) is 0 Å². The zero-order chi connectivity index (χ0) is 13.9. The number of halogens is 2. The molecule has 1 atom stereocenters. The fraction of sp³-hybridized carbons (Fsp3) is 0.538. The van der Waals surface area contributed by atoms with E-state index in [4.69, 9.17) is 5.84 Å². The maximum atomic E-state index is 13.2. The smallest absolute Gasteiger partial charge is 0.159 e. The average molecular weight is 257 g/mol. The first-order valence-electron chi connectivity index (χ1n) is 5.86. The lowest BCUT2D eigenvalue weighted by molar-refractivity contribution is 0.137. The van der Waals surface area contributed by atoms with Crippen molar-refractivity contribution in [3.05, 3.63) is 35.4 Å². The molecular weight excluding hydrogens is 236 g/mol. The predicted octanol–water partition coefficient (Wildman–Crippen LogP) is 1.68. The molecule has 0 amide bonds. The maximum absolute atomic E-state index is 13.2. The van der Waals surface area contributed by atoms with Gasteiger partial charge in [-0.15, -0.1) is 0 Å². The molecule has 0 radical (unpaired) electrons. The third kappa shape index (κ3) is 3.25. The molecular formula is C13H21F2N3. The highest BCUT2D eigenvalue weighted by Crippen LogP contribution is 2.20. The minimum atomic E-state index is -0.831. The van der Waals surface area contributed by atoms with Gasteiger partial charge in [-0.05, 0) is 52.1 Å². The lowest BCUT2D eigenvalue weighted by Gasteiger charge is -2.40. The molecule has 0 aromatic heterocycles. The zero-order valence-corrected chi connectivity index (χ0v) is 11.3. The molecule has 0 aliphatic rings. The summed E-state index contributed by atoms with van der Waals surface area (Å²) in [6, 6.07) is 3.86. The molecule has 3 N–H and O–H groups in total. The van der Waals surface area contributed by atoms with Crippen molar-refractivity contribution in [2.75, 3.05) is 14.1 Å². The van der Waals surface area contributed by atoms with Gasteiger partial charge in [0, 0.05) is 11.6 Å². The van der Waals surface area contributed by atoms with Gasteiger partial charge in [0.2, 0.25) is 0 Å². The van der Waals surface area contributed by atoms with Crippen LogP contribution in [0, 0.1) is 11.6 Å². The van der Waals surface area contributed by atoms with Crippen molar-refractivity contribution >= 4 is 0 Å². The fourth-order valence-corrected chi connectivity index (χ4v) is 1.73. The number of nitrogens with one attached hydrogen (secondary N) is 1. The maximum Gasteiger partial charge on any atom is 0.159 e. The van der Waals surface area contributed by atoms with Crippen LogP contribution < -0.4 is 11.3 Å². The highest BCUT2D eigenvalue weighted by molar-refractivity contribution is 5.19. The lowest BCUT2D eigenvalue weighted by Crippen LogP contribution is -2.58. The Morgan fingerprint density at radius 3 is 2.33 bits per heavy atom. The van der Waals surface area contributed by atoms with E-state index in [2.05, 4.69) is 5.43 Å². The van der Waals surface area contributed by atoms with Crippen molar-refractivity contribution in [1.82, 2.24) is 10.3 Å². The highest BCUT2D eigenvalue weighted by Gasteiger charge is 2.30. The van der Waals surface area contributed by atoms with Gasteiger partial charge < -0.3 is 4.90 Å². The van der Waals surface area contributed by atoms with Crippen molar-refractivity contribution in [2.45, 2.75) is 31.8 Å². The molecule has 1 aromatic rings. The van der Waals surface area contributed by atoms with Crippen molar-refractivity contribution in [3.8, 4) is 0 Å². The third-order valence-electron chi connectivity index (χ3n) is 3.63. The molecule has 1 aromatic carbocycles. The number of likely N-dealkylation sites (N-methyl/N-ethyl adjacent to an activating group) is 1. The summed E-state index contributed by atoms with van der Waals surface area (Å²) in [7, 11) is 3.91. The number of rotatable bonds is 5. The molecule has 5 heteroatoms. The van der Waals surface area contributed by atoms with E-state index in [0.717, 1.165) is 6.07 Å². The first kappa shape index (κ1) is 15.0. The minimum Gasteiger partial charge on any atom is -0.303 e. The summed E-state index contributed by atoms with van der Waals surface area (Å²) in [5.41, 5.74) is 3.25. The monoisotopic (exact) mass is 257 g/mol. The van der Waals surface area contributed by atoms with Crippen LogP contribution in [0.5, 0.6) is 0 Å². The molecule has 0 heterocycles. The van der Waals surface area contributed by atoms with E-state index < -0.39 is 11.6 Å². The molecule has 0 spiro atoms. The summed E-state index contributed by atoms with van der Waals surface area (Å²) >= 11 is 0. The van der Waals surface area contributed by atoms with Crippen LogP contribution in [0.15, 0.2) is 18.2 Å². The number of hydrogen-bond acceptors (Lipinski definition) is 3. The van der Waals surface area contributed by atoms with Crippen LogP contribution >= 0.6 is 0 Å². The summed E-state index contributed by atoms with van der Waals surface area (Å²) in [5.74, 6) is 3.91. The predicted molar refractivity (Wildman–Crippen MR) is 68.9 cm³/mol. The summed E-state index contributed by atoms with van der Waals surface area (Å²) in [5, 5.41) is 0. The highest BCUT2D eigenvalue weighted by atomic mass is 19.2. The quantitative estimate of drug-likeness (QED) is 0.623. The Kier molecular flexibility index (Phi) is 4.78.